The fourth-order valence-corrected chi connectivity index (χ4v) is 6.11. The van der Waals surface area contributed by atoms with Crippen LogP contribution in [0.1, 0.15) is 201 Å². The zero-order valence-electron chi connectivity index (χ0n) is 38.0. The first-order chi connectivity index (χ1) is 29.0. The molecule has 0 rings (SSSR count). The summed E-state index contributed by atoms with van der Waals surface area (Å²) in [4.78, 5) is 37.8. The van der Waals surface area contributed by atoms with E-state index < -0.39 is 6.10 Å². The molecule has 0 aromatic heterocycles. The Morgan fingerprint density at radius 2 is 0.746 bits per heavy atom. The Balaban J connectivity index is 4.52. The summed E-state index contributed by atoms with van der Waals surface area (Å²) in [5.74, 6) is -0.994. The zero-order valence-corrected chi connectivity index (χ0v) is 38.0. The van der Waals surface area contributed by atoms with Crippen LogP contribution in [0.15, 0.2) is 97.2 Å². The first-order valence-corrected chi connectivity index (χ1v) is 23.8. The molecule has 0 aromatic rings. The average Bonchev–Trinajstić information content (AvgIpc) is 3.23. The number of allylic oxidation sites excluding steroid dienone is 16. The SMILES string of the molecule is CC/C=C/C=C/C=C/C=C/CCCCCC(=O)OCC(COC(=O)CCCCCC/C=C/C/C=C/C/C=C/CC)OC(=O)CCCCC/C=C/CCCCCCCCC. The number of rotatable bonds is 41. The van der Waals surface area contributed by atoms with Gasteiger partial charge in [-0.1, -0.05) is 182 Å². The van der Waals surface area contributed by atoms with Gasteiger partial charge in [-0.05, 0) is 96.3 Å². The van der Waals surface area contributed by atoms with Crippen LogP contribution >= 0.6 is 0 Å². The minimum absolute atomic E-state index is 0.110. The lowest BCUT2D eigenvalue weighted by Crippen LogP contribution is -2.30. The van der Waals surface area contributed by atoms with Crippen LogP contribution in [0.3, 0.4) is 0 Å². The van der Waals surface area contributed by atoms with Crippen LogP contribution < -0.4 is 0 Å². The van der Waals surface area contributed by atoms with Gasteiger partial charge in [-0.2, -0.15) is 0 Å². The van der Waals surface area contributed by atoms with Crippen molar-refractivity contribution >= 4 is 17.9 Å². The van der Waals surface area contributed by atoms with Crippen molar-refractivity contribution < 1.29 is 28.6 Å². The molecule has 0 bridgehead atoms. The molecule has 0 heterocycles. The fraction of sp³-hybridized carbons (Fsp3) is 0.642. The molecular weight excluding hydrogens is 733 g/mol. The van der Waals surface area contributed by atoms with Gasteiger partial charge < -0.3 is 14.2 Å². The van der Waals surface area contributed by atoms with E-state index in [1.807, 2.05) is 36.5 Å². The van der Waals surface area contributed by atoms with E-state index in [1.165, 1.54) is 44.9 Å². The number of hydrogen-bond acceptors (Lipinski definition) is 6. The Morgan fingerprint density at radius 3 is 1.27 bits per heavy atom. The number of carbonyl (C=O) groups is 3. The van der Waals surface area contributed by atoms with Gasteiger partial charge in [0.1, 0.15) is 13.2 Å². The summed E-state index contributed by atoms with van der Waals surface area (Å²) < 4.78 is 16.7. The lowest BCUT2D eigenvalue weighted by Gasteiger charge is -2.18. The number of esters is 3. The molecule has 1 atom stereocenters. The Labute approximate surface area is 362 Å². The lowest BCUT2D eigenvalue weighted by molar-refractivity contribution is -0.167. The van der Waals surface area contributed by atoms with Crippen LogP contribution in [-0.4, -0.2) is 37.2 Å². The molecule has 0 aromatic carbocycles. The smallest absolute Gasteiger partial charge is 0.306 e. The van der Waals surface area contributed by atoms with Gasteiger partial charge in [0.2, 0.25) is 0 Å². The molecular formula is C53H86O6. The van der Waals surface area contributed by atoms with Crippen molar-refractivity contribution in [3.05, 3.63) is 97.2 Å². The predicted molar refractivity (Wildman–Crippen MR) is 251 cm³/mol. The van der Waals surface area contributed by atoms with Crippen molar-refractivity contribution in [3.8, 4) is 0 Å². The largest absolute Gasteiger partial charge is 0.462 e. The second kappa shape index (κ2) is 47.0. The average molecular weight is 819 g/mol. The summed E-state index contributed by atoms with van der Waals surface area (Å²) in [7, 11) is 0. The Hall–Kier alpha value is -3.67. The quantitative estimate of drug-likeness (QED) is 0.0201. The molecule has 0 spiro atoms. The third-order valence-corrected chi connectivity index (χ3v) is 9.65. The highest BCUT2D eigenvalue weighted by Crippen LogP contribution is 2.12. The summed E-state index contributed by atoms with van der Waals surface area (Å²) in [5, 5.41) is 0. The summed E-state index contributed by atoms with van der Waals surface area (Å²) in [6.07, 6.45) is 61.0. The van der Waals surface area contributed by atoms with E-state index in [4.69, 9.17) is 14.2 Å². The maximum atomic E-state index is 12.7. The van der Waals surface area contributed by atoms with Crippen molar-refractivity contribution in [3.63, 3.8) is 0 Å². The number of unbranched alkanes of at least 4 members (excludes halogenated alkanes) is 17. The summed E-state index contributed by atoms with van der Waals surface area (Å²) in [6, 6.07) is 0. The molecule has 0 aliphatic carbocycles. The van der Waals surface area contributed by atoms with E-state index in [0.717, 1.165) is 116 Å². The number of ether oxygens (including phenoxy) is 3. The summed E-state index contributed by atoms with van der Waals surface area (Å²) in [6.45, 7) is 6.29. The highest BCUT2D eigenvalue weighted by Gasteiger charge is 2.19. The first-order valence-electron chi connectivity index (χ1n) is 23.8. The maximum Gasteiger partial charge on any atom is 0.306 e. The fourth-order valence-electron chi connectivity index (χ4n) is 6.11. The summed E-state index contributed by atoms with van der Waals surface area (Å²) in [5.41, 5.74) is 0. The van der Waals surface area contributed by atoms with E-state index in [9.17, 15) is 14.4 Å². The van der Waals surface area contributed by atoms with Gasteiger partial charge >= 0.3 is 17.9 Å². The highest BCUT2D eigenvalue weighted by molar-refractivity contribution is 5.71. The van der Waals surface area contributed by atoms with Crippen LogP contribution in [0.2, 0.25) is 0 Å². The van der Waals surface area contributed by atoms with Crippen LogP contribution in [0.5, 0.6) is 0 Å². The number of hydrogen-bond donors (Lipinski definition) is 0. The second-order valence-corrected chi connectivity index (χ2v) is 15.3. The first kappa shape index (κ1) is 55.3. The Morgan fingerprint density at radius 1 is 0.373 bits per heavy atom. The monoisotopic (exact) mass is 819 g/mol. The van der Waals surface area contributed by atoms with Gasteiger partial charge in [0.25, 0.3) is 0 Å². The molecule has 0 saturated carbocycles. The highest BCUT2D eigenvalue weighted by atomic mass is 16.6. The van der Waals surface area contributed by atoms with Gasteiger partial charge in [0.05, 0.1) is 0 Å². The van der Waals surface area contributed by atoms with E-state index in [2.05, 4.69) is 81.5 Å². The van der Waals surface area contributed by atoms with Crippen molar-refractivity contribution in [2.45, 2.75) is 207 Å². The molecule has 0 fully saturated rings. The van der Waals surface area contributed by atoms with Gasteiger partial charge in [0, 0.05) is 19.3 Å². The van der Waals surface area contributed by atoms with Crippen LogP contribution in [-0.2, 0) is 28.6 Å². The molecule has 0 radical (unpaired) electrons. The molecule has 0 amide bonds. The molecule has 334 valence electrons. The summed E-state index contributed by atoms with van der Waals surface area (Å²) >= 11 is 0. The van der Waals surface area contributed by atoms with Crippen LogP contribution in [0, 0.1) is 0 Å². The number of carbonyl (C=O) groups excluding carboxylic acids is 3. The molecule has 0 saturated heterocycles. The van der Waals surface area contributed by atoms with Gasteiger partial charge in [0.15, 0.2) is 6.10 Å². The predicted octanol–water partition coefficient (Wildman–Crippen LogP) is 15.4. The molecule has 0 aliphatic heterocycles. The third kappa shape index (κ3) is 45.3. The molecule has 6 nitrogen and oxygen atoms in total. The molecule has 59 heavy (non-hydrogen) atoms. The Kier molecular flexibility index (Phi) is 44.1. The standard InChI is InChI=1S/C53H86O6/c1-4-7-10-13-16-19-22-25-28-31-34-37-40-43-46-52(55)58-49-50(48-57-51(54)45-42-39-36-33-30-27-24-21-18-15-12-9-6-3)59-53(56)47-44-41-38-35-32-29-26-23-20-17-14-11-8-5-2/h7,9-10,12,15-16,18-19,21,24-25,27-30,32,50H,4-6,8,11,13-14,17,20,22-23,26,31,33-49H2,1-3H3/b10-7+,12-9+,18-15+,19-16+,24-21+,28-25+,30-27+,32-29+. The lowest BCUT2D eigenvalue weighted by atomic mass is 10.1. The third-order valence-electron chi connectivity index (χ3n) is 9.65. The van der Waals surface area contributed by atoms with Crippen molar-refractivity contribution in [1.29, 1.82) is 0 Å². The topological polar surface area (TPSA) is 78.9 Å². The van der Waals surface area contributed by atoms with Gasteiger partial charge in [-0.15, -0.1) is 0 Å². The van der Waals surface area contributed by atoms with Crippen molar-refractivity contribution in [2.75, 3.05) is 13.2 Å². The van der Waals surface area contributed by atoms with Crippen molar-refractivity contribution in [2.24, 2.45) is 0 Å². The Bertz CT molecular complexity index is 1220. The minimum atomic E-state index is -0.810. The van der Waals surface area contributed by atoms with E-state index in [-0.39, 0.29) is 31.1 Å². The van der Waals surface area contributed by atoms with Crippen LogP contribution in [0.25, 0.3) is 0 Å². The zero-order chi connectivity index (χ0) is 43.0. The molecule has 0 N–H and O–H groups in total. The molecule has 6 heteroatoms. The molecule has 0 aliphatic rings. The van der Waals surface area contributed by atoms with Crippen LogP contribution in [0.4, 0.5) is 0 Å². The maximum absolute atomic E-state index is 12.7. The second-order valence-electron chi connectivity index (χ2n) is 15.3. The normalized spacial score (nSPS) is 12.9. The van der Waals surface area contributed by atoms with E-state index in [0.29, 0.717) is 19.3 Å². The van der Waals surface area contributed by atoms with Gasteiger partial charge in [-0.3, -0.25) is 14.4 Å². The molecule has 1 unspecified atom stereocenters. The minimum Gasteiger partial charge on any atom is -0.462 e. The van der Waals surface area contributed by atoms with Crippen molar-refractivity contribution in [1.82, 2.24) is 0 Å². The van der Waals surface area contributed by atoms with E-state index >= 15 is 0 Å². The van der Waals surface area contributed by atoms with E-state index in [1.54, 1.807) is 0 Å². The van der Waals surface area contributed by atoms with Gasteiger partial charge in [-0.25, -0.2) is 0 Å².